The van der Waals surface area contributed by atoms with E-state index in [2.05, 4.69) is 91.7 Å². The van der Waals surface area contributed by atoms with Crippen molar-refractivity contribution < 1.29 is 19.8 Å². The number of rotatable bonds is 20. The van der Waals surface area contributed by atoms with Crippen LogP contribution in [0.15, 0.2) is 0 Å². The molecule has 8 nitrogen and oxygen atoms in total. The van der Waals surface area contributed by atoms with Gasteiger partial charge in [-0.1, -0.05) is 76.2 Å². The summed E-state index contributed by atoms with van der Waals surface area (Å²) in [6.07, 6.45) is 2.77. The van der Waals surface area contributed by atoms with Crippen LogP contribution < -0.4 is 10.6 Å². The monoisotopic (exact) mass is 571 g/mol. The smallest absolute Gasteiger partial charge is 0.221 e. The number of nitrogens with one attached hydrogen (secondary N) is 2. The van der Waals surface area contributed by atoms with Crippen LogP contribution in [0.1, 0.15) is 102 Å². The van der Waals surface area contributed by atoms with Gasteiger partial charge in [-0.15, -0.1) is 0 Å². The summed E-state index contributed by atoms with van der Waals surface area (Å²) in [6.45, 7) is 29.2. The van der Waals surface area contributed by atoms with Crippen molar-refractivity contribution in [1.82, 2.24) is 20.4 Å². The van der Waals surface area contributed by atoms with E-state index in [1.807, 2.05) is 4.90 Å². The third-order valence-corrected chi connectivity index (χ3v) is 7.67. The Bertz CT molecular complexity index is 721. The molecule has 238 valence electrons. The molecule has 0 aliphatic heterocycles. The van der Waals surface area contributed by atoms with Gasteiger partial charge in [0.1, 0.15) is 0 Å². The SMILES string of the molecule is CC(C)C(C)(CNC(=O)CCN(CCC(=O)NCC(C)(C)CC(C)(C)C)CCN(CCO)CCO)CC(C)(C)C. The molecule has 1 atom stereocenters. The lowest BCUT2D eigenvalue weighted by Crippen LogP contribution is -2.43. The fourth-order valence-corrected chi connectivity index (χ4v) is 5.75. The van der Waals surface area contributed by atoms with E-state index in [1.165, 1.54) is 0 Å². The molecule has 4 N–H and O–H groups in total. The number of hydrogen-bond donors (Lipinski definition) is 4. The van der Waals surface area contributed by atoms with Crippen molar-refractivity contribution in [2.24, 2.45) is 27.6 Å². The van der Waals surface area contributed by atoms with E-state index in [0.29, 0.717) is 71.1 Å². The van der Waals surface area contributed by atoms with Crippen molar-refractivity contribution in [2.45, 2.75) is 102 Å². The fraction of sp³-hybridized carbons (Fsp3) is 0.938. The van der Waals surface area contributed by atoms with Gasteiger partial charge >= 0.3 is 0 Å². The average molecular weight is 571 g/mol. The van der Waals surface area contributed by atoms with Crippen LogP contribution in [0.4, 0.5) is 0 Å². The van der Waals surface area contributed by atoms with Crippen LogP contribution >= 0.6 is 0 Å². The van der Waals surface area contributed by atoms with E-state index in [0.717, 1.165) is 12.8 Å². The molecule has 0 bridgehead atoms. The van der Waals surface area contributed by atoms with Crippen molar-refractivity contribution in [3.63, 3.8) is 0 Å². The Morgan fingerprint density at radius 3 is 1.40 bits per heavy atom. The van der Waals surface area contributed by atoms with Crippen LogP contribution in [0.25, 0.3) is 0 Å². The number of nitrogens with zero attached hydrogens (tertiary/aromatic N) is 2. The molecule has 40 heavy (non-hydrogen) atoms. The number of aliphatic hydroxyl groups excluding tert-OH is 2. The van der Waals surface area contributed by atoms with E-state index in [-0.39, 0.29) is 46.7 Å². The first-order valence-corrected chi connectivity index (χ1v) is 15.4. The molecule has 0 aromatic heterocycles. The van der Waals surface area contributed by atoms with Crippen LogP contribution in [-0.2, 0) is 9.59 Å². The van der Waals surface area contributed by atoms with E-state index in [1.54, 1.807) is 0 Å². The zero-order valence-corrected chi connectivity index (χ0v) is 28.1. The fourth-order valence-electron chi connectivity index (χ4n) is 5.75. The lowest BCUT2D eigenvalue weighted by molar-refractivity contribution is -0.122. The Morgan fingerprint density at radius 1 is 0.625 bits per heavy atom. The maximum absolute atomic E-state index is 12.9. The number of carbonyl (C=O) groups is 2. The molecule has 2 amide bonds. The van der Waals surface area contributed by atoms with E-state index < -0.39 is 0 Å². The highest BCUT2D eigenvalue weighted by Gasteiger charge is 2.33. The minimum Gasteiger partial charge on any atom is -0.395 e. The number of carbonyl (C=O) groups excluding carboxylic acids is 2. The van der Waals surface area contributed by atoms with Gasteiger partial charge in [0.2, 0.25) is 11.8 Å². The highest BCUT2D eigenvalue weighted by Crippen LogP contribution is 2.38. The molecular weight excluding hydrogens is 504 g/mol. The molecule has 8 heteroatoms. The van der Waals surface area contributed by atoms with E-state index in [4.69, 9.17) is 0 Å². The maximum atomic E-state index is 12.9. The topological polar surface area (TPSA) is 105 Å². The van der Waals surface area contributed by atoms with Gasteiger partial charge in [0.25, 0.3) is 0 Å². The molecule has 0 radical (unpaired) electrons. The minimum absolute atomic E-state index is 0.0122. The minimum atomic E-state index is 0.0122. The first-order chi connectivity index (χ1) is 18.2. The van der Waals surface area contributed by atoms with Crippen LogP contribution in [0.3, 0.4) is 0 Å². The summed E-state index contributed by atoms with van der Waals surface area (Å²) < 4.78 is 0. The van der Waals surface area contributed by atoms with Gasteiger partial charge in [-0.25, -0.2) is 0 Å². The quantitative estimate of drug-likeness (QED) is 0.175. The average Bonchev–Trinajstić information content (AvgIpc) is 2.78. The van der Waals surface area contributed by atoms with Crippen LogP contribution in [0.2, 0.25) is 0 Å². The lowest BCUT2D eigenvalue weighted by Gasteiger charge is -2.39. The number of amides is 2. The zero-order valence-electron chi connectivity index (χ0n) is 28.1. The van der Waals surface area contributed by atoms with Gasteiger partial charge in [-0.05, 0) is 40.4 Å². The Labute approximate surface area is 247 Å². The van der Waals surface area contributed by atoms with Crippen molar-refractivity contribution in [3.05, 3.63) is 0 Å². The van der Waals surface area contributed by atoms with E-state index >= 15 is 0 Å². The maximum Gasteiger partial charge on any atom is 0.221 e. The van der Waals surface area contributed by atoms with Gasteiger partial charge in [0, 0.05) is 65.2 Å². The van der Waals surface area contributed by atoms with Crippen molar-refractivity contribution in [1.29, 1.82) is 0 Å². The second kappa shape index (κ2) is 17.7. The Balaban J connectivity index is 5.11. The summed E-state index contributed by atoms with van der Waals surface area (Å²) >= 11 is 0. The Kier molecular flexibility index (Phi) is 17.1. The predicted octanol–water partition coefficient (Wildman–Crippen LogP) is 4.15. The molecule has 0 spiro atoms. The largest absolute Gasteiger partial charge is 0.395 e. The standard InChI is InChI=1S/C32H66N4O4/c1-26(2)32(11,23-30(6,7)8)25-34-28(40)13-15-35(16-17-36(18-20-37)19-21-38)14-12-27(39)33-24-31(9,10)22-29(3,4)5/h26,37-38H,12-25H2,1-11H3,(H,33,39)(H,34,40). The van der Waals surface area contributed by atoms with Gasteiger partial charge < -0.3 is 25.7 Å². The molecule has 0 fully saturated rings. The Hall–Kier alpha value is -1.22. The third-order valence-electron chi connectivity index (χ3n) is 7.67. The lowest BCUT2D eigenvalue weighted by atomic mass is 9.68. The first kappa shape index (κ1) is 38.8. The number of hydrogen-bond acceptors (Lipinski definition) is 6. The van der Waals surface area contributed by atoms with Crippen LogP contribution in [-0.4, -0.2) is 97.4 Å². The van der Waals surface area contributed by atoms with E-state index in [9.17, 15) is 19.8 Å². The van der Waals surface area contributed by atoms with Crippen LogP contribution in [0.5, 0.6) is 0 Å². The highest BCUT2D eigenvalue weighted by molar-refractivity contribution is 5.76. The molecule has 0 aromatic carbocycles. The van der Waals surface area contributed by atoms with Crippen molar-refractivity contribution in [3.8, 4) is 0 Å². The molecule has 1 unspecified atom stereocenters. The van der Waals surface area contributed by atoms with Gasteiger partial charge in [-0.2, -0.15) is 0 Å². The summed E-state index contributed by atoms with van der Waals surface area (Å²) in [5.41, 5.74) is 0.401. The molecule has 0 aliphatic rings. The molecule has 0 heterocycles. The van der Waals surface area contributed by atoms with Crippen molar-refractivity contribution in [2.75, 3.05) is 65.6 Å². The molecular formula is C32H66N4O4. The Morgan fingerprint density at radius 2 is 1.02 bits per heavy atom. The summed E-state index contributed by atoms with van der Waals surface area (Å²) in [7, 11) is 0. The highest BCUT2D eigenvalue weighted by atomic mass is 16.3. The zero-order chi connectivity index (χ0) is 31.2. The van der Waals surface area contributed by atoms with Crippen molar-refractivity contribution >= 4 is 11.8 Å². The van der Waals surface area contributed by atoms with Gasteiger partial charge in [0.15, 0.2) is 0 Å². The molecule has 0 saturated heterocycles. The summed E-state index contributed by atoms with van der Waals surface area (Å²) in [5.74, 6) is 0.495. The summed E-state index contributed by atoms with van der Waals surface area (Å²) in [5, 5.41) is 25.0. The van der Waals surface area contributed by atoms with Gasteiger partial charge in [-0.3, -0.25) is 14.5 Å². The second-order valence-corrected chi connectivity index (χ2v) is 15.6. The second-order valence-electron chi connectivity index (χ2n) is 15.6. The molecule has 0 saturated carbocycles. The first-order valence-electron chi connectivity index (χ1n) is 15.4. The third kappa shape index (κ3) is 19.0. The molecule has 0 aromatic rings. The van der Waals surface area contributed by atoms with Gasteiger partial charge in [0.05, 0.1) is 13.2 Å². The molecule has 0 rings (SSSR count). The molecule has 0 aliphatic carbocycles. The predicted molar refractivity (Wildman–Crippen MR) is 167 cm³/mol. The summed E-state index contributed by atoms with van der Waals surface area (Å²) in [4.78, 5) is 29.8. The number of aliphatic hydroxyl groups is 2. The normalized spacial score (nSPS) is 14.6. The van der Waals surface area contributed by atoms with Crippen LogP contribution in [0, 0.1) is 27.6 Å². The summed E-state index contributed by atoms with van der Waals surface area (Å²) in [6, 6.07) is 0.